The molecule has 1 aromatic carbocycles. The highest BCUT2D eigenvalue weighted by atomic mass is 19.1. The van der Waals surface area contributed by atoms with Gasteiger partial charge < -0.3 is 9.26 Å². The van der Waals surface area contributed by atoms with Crippen LogP contribution < -0.4 is 10.6 Å². The van der Waals surface area contributed by atoms with Gasteiger partial charge in [0.05, 0.1) is 11.6 Å². The van der Waals surface area contributed by atoms with Crippen molar-refractivity contribution >= 4 is 17.7 Å². The Morgan fingerprint density at radius 1 is 1.15 bits per heavy atom. The molecule has 1 aliphatic rings. The van der Waals surface area contributed by atoms with E-state index in [1.165, 1.54) is 12.1 Å². The molecule has 1 saturated heterocycles. The summed E-state index contributed by atoms with van der Waals surface area (Å²) in [6.45, 7) is 1.43. The molecule has 0 unspecified atom stereocenters. The molecular weight excluding hydrogens is 353 g/mol. The van der Waals surface area contributed by atoms with Crippen molar-refractivity contribution in [3.63, 3.8) is 0 Å². The summed E-state index contributed by atoms with van der Waals surface area (Å²) in [5, 5.41) is 13.3. The molecule has 27 heavy (non-hydrogen) atoms. The molecule has 0 atom stereocenters. The molecule has 2 aromatic heterocycles. The molecule has 4 rings (SSSR count). The lowest BCUT2D eigenvalue weighted by Crippen LogP contribution is -2.22. The standard InChI is InChI=1S/C18H18FN5O3/c19-14-4-2-1-3-13(14)15-11-17(23-27-15)21-18(25)20-16-5-8-24(22-16)12-6-9-26-10-7-12/h1-5,8,11-12H,6-7,9-10H2,(H2,20,21,22,23,25). The lowest BCUT2D eigenvalue weighted by molar-refractivity contribution is 0.0663. The fourth-order valence-electron chi connectivity index (χ4n) is 2.94. The number of halogens is 1. The molecule has 1 aliphatic heterocycles. The van der Waals surface area contributed by atoms with Crippen molar-refractivity contribution in [3.8, 4) is 11.3 Å². The highest BCUT2D eigenvalue weighted by molar-refractivity contribution is 5.98. The van der Waals surface area contributed by atoms with E-state index in [9.17, 15) is 9.18 Å². The number of aromatic nitrogens is 3. The molecule has 3 aromatic rings. The van der Waals surface area contributed by atoms with E-state index in [0.29, 0.717) is 19.0 Å². The number of benzene rings is 1. The van der Waals surface area contributed by atoms with Crippen molar-refractivity contribution in [3.05, 3.63) is 48.4 Å². The van der Waals surface area contributed by atoms with Crippen molar-refractivity contribution in [2.24, 2.45) is 0 Å². The van der Waals surface area contributed by atoms with Crippen LogP contribution in [0.5, 0.6) is 0 Å². The second-order valence-electron chi connectivity index (χ2n) is 6.16. The van der Waals surface area contributed by atoms with Crippen LogP contribution in [0.15, 0.2) is 47.1 Å². The molecule has 0 radical (unpaired) electrons. The Hall–Kier alpha value is -3.20. The summed E-state index contributed by atoms with van der Waals surface area (Å²) in [5.74, 6) is 0.405. The number of carbonyl (C=O) groups excluding carboxylic acids is 1. The number of urea groups is 1. The Morgan fingerprint density at radius 2 is 1.93 bits per heavy atom. The van der Waals surface area contributed by atoms with Crippen LogP contribution in [0, 0.1) is 5.82 Å². The number of hydrogen-bond acceptors (Lipinski definition) is 5. The highest BCUT2D eigenvalue weighted by Gasteiger charge is 2.17. The van der Waals surface area contributed by atoms with Gasteiger partial charge in [0.1, 0.15) is 5.82 Å². The third-order valence-electron chi connectivity index (χ3n) is 4.31. The first kappa shape index (κ1) is 17.2. The summed E-state index contributed by atoms with van der Waals surface area (Å²) in [6, 6.07) is 9.12. The van der Waals surface area contributed by atoms with Gasteiger partial charge in [-0.1, -0.05) is 17.3 Å². The fraction of sp³-hybridized carbons (Fsp3) is 0.278. The third kappa shape index (κ3) is 3.98. The van der Waals surface area contributed by atoms with Crippen LogP contribution in [-0.4, -0.2) is 34.2 Å². The molecule has 140 valence electrons. The predicted molar refractivity (Wildman–Crippen MR) is 95.9 cm³/mol. The molecular formula is C18H18FN5O3. The second kappa shape index (κ2) is 7.58. The summed E-state index contributed by atoms with van der Waals surface area (Å²) in [7, 11) is 0. The molecule has 0 aliphatic carbocycles. The lowest BCUT2D eigenvalue weighted by Gasteiger charge is -2.22. The largest absolute Gasteiger partial charge is 0.381 e. The monoisotopic (exact) mass is 371 g/mol. The van der Waals surface area contributed by atoms with E-state index >= 15 is 0 Å². The Kier molecular flexibility index (Phi) is 4.84. The minimum atomic E-state index is -0.513. The minimum Gasteiger partial charge on any atom is -0.381 e. The number of rotatable bonds is 4. The number of carbonyl (C=O) groups is 1. The molecule has 2 amide bonds. The second-order valence-corrected chi connectivity index (χ2v) is 6.16. The normalized spacial score (nSPS) is 14.9. The number of hydrogen-bond donors (Lipinski definition) is 2. The van der Waals surface area contributed by atoms with E-state index in [1.807, 2.05) is 10.9 Å². The molecule has 0 bridgehead atoms. The molecule has 9 heteroatoms. The summed E-state index contributed by atoms with van der Waals surface area (Å²) in [4.78, 5) is 12.1. The number of nitrogens with one attached hydrogen (secondary N) is 2. The van der Waals surface area contributed by atoms with Gasteiger partial charge in [-0.05, 0) is 25.0 Å². The maximum atomic E-state index is 13.8. The van der Waals surface area contributed by atoms with Crippen molar-refractivity contribution < 1.29 is 18.4 Å². The first-order chi connectivity index (χ1) is 13.2. The number of nitrogens with zero attached hydrogens (tertiary/aromatic N) is 3. The summed E-state index contributed by atoms with van der Waals surface area (Å²) in [6.07, 6.45) is 3.62. The fourth-order valence-corrected chi connectivity index (χ4v) is 2.94. The van der Waals surface area contributed by atoms with Gasteiger partial charge in [0.25, 0.3) is 0 Å². The van der Waals surface area contributed by atoms with Crippen molar-refractivity contribution in [2.75, 3.05) is 23.8 Å². The summed E-state index contributed by atoms with van der Waals surface area (Å²) in [5.41, 5.74) is 0.272. The summed E-state index contributed by atoms with van der Waals surface area (Å²) < 4.78 is 26.1. The number of ether oxygens (including phenoxy) is 1. The molecule has 1 fully saturated rings. The highest BCUT2D eigenvalue weighted by Crippen LogP contribution is 2.25. The zero-order chi connectivity index (χ0) is 18.6. The van der Waals surface area contributed by atoms with Gasteiger partial charge in [-0.15, -0.1) is 0 Å². The van der Waals surface area contributed by atoms with Crippen LogP contribution in [0.4, 0.5) is 20.8 Å². The molecule has 0 spiro atoms. The lowest BCUT2D eigenvalue weighted by atomic mass is 10.1. The average Bonchev–Trinajstić information content (AvgIpc) is 3.33. The van der Waals surface area contributed by atoms with E-state index in [4.69, 9.17) is 9.26 Å². The Balaban J connectivity index is 1.37. The molecule has 8 nitrogen and oxygen atoms in total. The zero-order valence-corrected chi connectivity index (χ0v) is 14.4. The van der Waals surface area contributed by atoms with Crippen LogP contribution in [0.1, 0.15) is 18.9 Å². The third-order valence-corrected chi connectivity index (χ3v) is 4.31. The van der Waals surface area contributed by atoms with Gasteiger partial charge in [0.2, 0.25) is 0 Å². The first-order valence-electron chi connectivity index (χ1n) is 8.61. The molecule has 3 heterocycles. The van der Waals surface area contributed by atoms with Crippen LogP contribution >= 0.6 is 0 Å². The van der Waals surface area contributed by atoms with Crippen molar-refractivity contribution in [1.82, 2.24) is 14.9 Å². The van der Waals surface area contributed by atoms with Gasteiger partial charge >= 0.3 is 6.03 Å². The van der Waals surface area contributed by atoms with Crippen molar-refractivity contribution in [2.45, 2.75) is 18.9 Å². The Morgan fingerprint density at radius 3 is 2.74 bits per heavy atom. The van der Waals surface area contributed by atoms with Gasteiger partial charge in [-0.2, -0.15) is 5.10 Å². The van der Waals surface area contributed by atoms with E-state index in [1.54, 1.807) is 24.3 Å². The van der Waals surface area contributed by atoms with E-state index < -0.39 is 11.8 Å². The summed E-state index contributed by atoms with van der Waals surface area (Å²) >= 11 is 0. The number of anilines is 2. The van der Waals surface area contributed by atoms with Gasteiger partial charge in [0, 0.05) is 31.5 Å². The first-order valence-corrected chi connectivity index (χ1v) is 8.61. The van der Waals surface area contributed by atoms with Crippen LogP contribution in [0.25, 0.3) is 11.3 Å². The van der Waals surface area contributed by atoms with Crippen LogP contribution in [0.2, 0.25) is 0 Å². The maximum Gasteiger partial charge on any atom is 0.326 e. The quantitative estimate of drug-likeness (QED) is 0.730. The van der Waals surface area contributed by atoms with E-state index in [-0.39, 0.29) is 23.2 Å². The number of amides is 2. The minimum absolute atomic E-state index is 0.176. The van der Waals surface area contributed by atoms with Gasteiger partial charge in [0.15, 0.2) is 17.4 Å². The predicted octanol–water partition coefficient (Wildman–Crippen LogP) is 3.67. The van der Waals surface area contributed by atoms with Crippen molar-refractivity contribution in [1.29, 1.82) is 0 Å². The van der Waals surface area contributed by atoms with Gasteiger partial charge in [-0.3, -0.25) is 15.3 Å². The van der Waals surface area contributed by atoms with Gasteiger partial charge in [-0.25, -0.2) is 9.18 Å². The average molecular weight is 371 g/mol. The topological polar surface area (TPSA) is 94.2 Å². The van der Waals surface area contributed by atoms with E-state index in [2.05, 4.69) is 20.9 Å². The molecule has 2 N–H and O–H groups in total. The van der Waals surface area contributed by atoms with E-state index in [0.717, 1.165) is 12.8 Å². The maximum absolute atomic E-state index is 13.8. The Bertz CT molecular complexity index is 932. The van der Waals surface area contributed by atoms with Crippen LogP contribution in [-0.2, 0) is 4.74 Å². The Labute approximate surface area is 154 Å². The van der Waals surface area contributed by atoms with Crippen LogP contribution in [0.3, 0.4) is 0 Å². The SMILES string of the molecule is O=C(Nc1cc(-c2ccccc2F)on1)Nc1ccn(C2CCOCC2)n1. The zero-order valence-electron chi connectivity index (χ0n) is 14.4. The smallest absolute Gasteiger partial charge is 0.326 e. The molecule has 0 saturated carbocycles.